The second-order valence-electron chi connectivity index (χ2n) is 3.74. The Morgan fingerprint density at radius 1 is 1.09 bits per heavy atom. The SMILES string of the molecule is C=C(C(=O)O)/C(F)=C\C=C(/C)c1c(F)cccc1F.CC.CC. The molecule has 0 aliphatic rings. The number of carbonyl (C=O) groups is 1. The lowest BCUT2D eigenvalue weighted by molar-refractivity contribution is -0.132. The molecule has 23 heavy (non-hydrogen) atoms. The minimum absolute atomic E-state index is 0.129. The van der Waals surface area contributed by atoms with Gasteiger partial charge in [0.25, 0.3) is 0 Å². The van der Waals surface area contributed by atoms with Gasteiger partial charge in [-0.25, -0.2) is 18.0 Å². The van der Waals surface area contributed by atoms with Crippen LogP contribution in [0.1, 0.15) is 40.2 Å². The van der Waals surface area contributed by atoms with Crippen molar-refractivity contribution in [2.75, 3.05) is 0 Å². The highest BCUT2D eigenvalue weighted by Crippen LogP contribution is 2.22. The second-order valence-corrected chi connectivity index (χ2v) is 3.74. The van der Waals surface area contributed by atoms with Crippen molar-refractivity contribution in [3.8, 4) is 0 Å². The molecule has 0 aliphatic carbocycles. The third-order valence-corrected chi connectivity index (χ3v) is 2.38. The first kappa shape index (κ1) is 23.0. The predicted octanol–water partition coefficient (Wildman–Crippen LogP) is 5.91. The minimum atomic E-state index is -1.50. The van der Waals surface area contributed by atoms with Gasteiger partial charge in [-0.3, -0.25) is 0 Å². The third-order valence-electron chi connectivity index (χ3n) is 2.38. The molecule has 1 aromatic carbocycles. The number of hydrogen-bond donors (Lipinski definition) is 1. The molecular formula is C18H23F3O2. The molecule has 0 saturated carbocycles. The molecule has 0 radical (unpaired) electrons. The predicted molar refractivity (Wildman–Crippen MR) is 88.7 cm³/mol. The Labute approximate surface area is 135 Å². The maximum Gasteiger partial charge on any atom is 0.338 e. The molecule has 128 valence electrons. The molecule has 1 aromatic rings. The van der Waals surface area contributed by atoms with E-state index in [0.29, 0.717) is 0 Å². The largest absolute Gasteiger partial charge is 0.478 e. The van der Waals surface area contributed by atoms with Crippen LogP contribution in [0.4, 0.5) is 13.2 Å². The van der Waals surface area contributed by atoms with Gasteiger partial charge in [-0.05, 0) is 30.7 Å². The zero-order valence-electron chi connectivity index (χ0n) is 14.1. The van der Waals surface area contributed by atoms with Crippen LogP contribution in [0.5, 0.6) is 0 Å². The fourth-order valence-corrected chi connectivity index (χ4v) is 1.36. The average molecular weight is 328 g/mol. The molecule has 0 bridgehead atoms. The van der Waals surface area contributed by atoms with Crippen LogP contribution in [0, 0.1) is 11.6 Å². The molecule has 0 saturated heterocycles. The van der Waals surface area contributed by atoms with Gasteiger partial charge in [0.05, 0.1) is 5.57 Å². The summed E-state index contributed by atoms with van der Waals surface area (Å²) in [4.78, 5) is 10.4. The van der Waals surface area contributed by atoms with E-state index in [-0.39, 0.29) is 11.1 Å². The minimum Gasteiger partial charge on any atom is -0.478 e. The van der Waals surface area contributed by atoms with E-state index in [0.717, 1.165) is 24.3 Å². The van der Waals surface area contributed by atoms with Crippen molar-refractivity contribution < 1.29 is 23.1 Å². The van der Waals surface area contributed by atoms with Gasteiger partial charge in [0.1, 0.15) is 17.5 Å². The highest BCUT2D eigenvalue weighted by molar-refractivity contribution is 5.90. The van der Waals surface area contributed by atoms with E-state index in [4.69, 9.17) is 5.11 Å². The van der Waals surface area contributed by atoms with Gasteiger partial charge in [-0.15, -0.1) is 0 Å². The summed E-state index contributed by atoms with van der Waals surface area (Å²) < 4.78 is 40.1. The van der Waals surface area contributed by atoms with Gasteiger partial charge in [0.2, 0.25) is 0 Å². The molecule has 0 aromatic heterocycles. The maximum atomic E-state index is 13.4. The normalized spacial score (nSPS) is 10.8. The van der Waals surface area contributed by atoms with Crippen molar-refractivity contribution in [2.24, 2.45) is 0 Å². The highest BCUT2D eigenvalue weighted by atomic mass is 19.1. The summed E-state index contributed by atoms with van der Waals surface area (Å²) in [5, 5.41) is 8.50. The quantitative estimate of drug-likeness (QED) is 0.550. The summed E-state index contributed by atoms with van der Waals surface area (Å²) in [6, 6.07) is 3.36. The summed E-state index contributed by atoms with van der Waals surface area (Å²) in [6.07, 6.45) is 1.89. The number of carboxylic acids is 1. The molecule has 0 fully saturated rings. The first-order valence-corrected chi connectivity index (χ1v) is 7.25. The van der Waals surface area contributed by atoms with Crippen molar-refractivity contribution in [3.63, 3.8) is 0 Å². The Morgan fingerprint density at radius 2 is 1.52 bits per heavy atom. The fourth-order valence-electron chi connectivity index (χ4n) is 1.36. The van der Waals surface area contributed by atoms with Crippen molar-refractivity contribution in [3.05, 3.63) is 65.5 Å². The Kier molecular flexibility index (Phi) is 12.3. The van der Waals surface area contributed by atoms with E-state index in [1.54, 1.807) is 0 Å². The number of allylic oxidation sites excluding steroid dienone is 3. The number of rotatable bonds is 4. The smallest absolute Gasteiger partial charge is 0.338 e. The Hall–Kier alpha value is -2.30. The van der Waals surface area contributed by atoms with Gasteiger partial charge in [0, 0.05) is 5.56 Å². The lowest BCUT2D eigenvalue weighted by Crippen LogP contribution is -1.98. The Bertz CT molecular complexity index is 568. The molecule has 5 heteroatoms. The second kappa shape index (κ2) is 12.3. The molecule has 1 N–H and O–H groups in total. The fraction of sp³-hybridized carbons (Fsp3) is 0.278. The first-order valence-electron chi connectivity index (χ1n) is 7.25. The summed E-state index contributed by atoms with van der Waals surface area (Å²) in [5.74, 6) is -4.14. The monoisotopic (exact) mass is 328 g/mol. The van der Waals surface area contributed by atoms with Gasteiger partial charge in [-0.1, -0.05) is 46.4 Å². The molecule has 2 nitrogen and oxygen atoms in total. The maximum absolute atomic E-state index is 13.4. The molecule has 0 unspecified atom stereocenters. The van der Waals surface area contributed by atoms with Crippen LogP contribution in [-0.4, -0.2) is 11.1 Å². The number of carboxylic acid groups (broad SMARTS) is 1. The number of halogens is 3. The lowest BCUT2D eigenvalue weighted by Gasteiger charge is -2.04. The number of benzene rings is 1. The summed E-state index contributed by atoms with van der Waals surface area (Å²) in [5.41, 5.74) is -0.880. The molecule has 0 heterocycles. The average Bonchev–Trinajstić information content (AvgIpc) is 2.55. The summed E-state index contributed by atoms with van der Waals surface area (Å²) >= 11 is 0. The zero-order chi connectivity index (χ0) is 18.6. The zero-order valence-corrected chi connectivity index (χ0v) is 14.1. The summed E-state index contributed by atoms with van der Waals surface area (Å²) in [6.45, 7) is 12.4. The van der Waals surface area contributed by atoms with Crippen LogP contribution < -0.4 is 0 Å². The number of aliphatic carboxylic acids is 1. The van der Waals surface area contributed by atoms with Gasteiger partial charge in [-0.2, -0.15) is 0 Å². The third kappa shape index (κ3) is 7.49. The molecule has 0 amide bonds. The summed E-state index contributed by atoms with van der Waals surface area (Å²) in [7, 11) is 0. The van der Waals surface area contributed by atoms with Crippen LogP contribution in [0.3, 0.4) is 0 Å². The topological polar surface area (TPSA) is 37.3 Å². The standard InChI is InChI=1S/C14H11F3O2.2C2H6/c1-8(6-7-10(15)9(2)14(18)19)13-11(16)4-3-5-12(13)17;2*1-2/h3-7H,2H2,1H3,(H,18,19);2*1-2H3/b8-6+,10-7+;;. The molecule has 0 aliphatic heterocycles. The van der Waals surface area contributed by atoms with Crippen LogP contribution in [0.25, 0.3) is 5.57 Å². The van der Waals surface area contributed by atoms with E-state index in [9.17, 15) is 18.0 Å². The van der Waals surface area contributed by atoms with Crippen molar-refractivity contribution in [1.29, 1.82) is 0 Å². The van der Waals surface area contributed by atoms with E-state index in [2.05, 4.69) is 6.58 Å². The molecular weight excluding hydrogens is 305 g/mol. The molecule has 1 rings (SSSR count). The Morgan fingerprint density at radius 3 is 1.91 bits per heavy atom. The molecule has 0 atom stereocenters. The van der Waals surface area contributed by atoms with E-state index < -0.39 is 29.0 Å². The van der Waals surface area contributed by atoms with Crippen LogP contribution in [-0.2, 0) is 4.79 Å². The van der Waals surface area contributed by atoms with Gasteiger partial charge < -0.3 is 5.11 Å². The van der Waals surface area contributed by atoms with Crippen molar-refractivity contribution >= 4 is 11.5 Å². The van der Waals surface area contributed by atoms with Gasteiger partial charge in [0.15, 0.2) is 0 Å². The van der Waals surface area contributed by atoms with Crippen LogP contribution in [0.2, 0.25) is 0 Å². The van der Waals surface area contributed by atoms with Gasteiger partial charge >= 0.3 is 5.97 Å². The Balaban J connectivity index is 0. The van der Waals surface area contributed by atoms with Crippen LogP contribution >= 0.6 is 0 Å². The molecule has 0 spiro atoms. The highest BCUT2D eigenvalue weighted by Gasteiger charge is 2.11. The van der Waals surface area contributed by atoms with Crippen molar-refractivity contribution in [1.82, 2.24) is 0 Å². The number of hydrogen-bond acceptors (Lipinski definition) is 1. The van der Waals surface area contributed by atoms with E-state index in [1.165, 1.54) is 13.0 Å². The van der Waals surface area contributed by atoms with Crippen molar-refractivity contribution in [2.45, 2.75) is 34.6 Å². The first-order chi connectivity index (χ1) is 10.8. The van der Waals surface area contributed by atoms with E-state index in [1.807, 2.05) is 27.7 Å². The van der Waals surface area contributed by atoms with Crippen LogP contribution in [0.15, 0.2) is 48.3 Å². The van der Waals surface area contributed by atoms with E-state index >= 15 is 0 Å². The lowest BCUT2D eigenvalue weighted by atomic mass is 10.1.